The van der Waals surface area contributed by atoms with E-state index >= 15 is 4.39 Å². The number of imide groups is 1. The van der Waals surface area contributed by atoms with E-state index < -0.39 is 23.6 Å². The van der Waals surface area contributed by atoms with Gasteiger partial charge < -0.3 is 14.5 Å². The minimum Gasteiger partial charge on any atom is -0.488 e. The van der Waals surface area contributed by atoms with Gasteiger partial charge in [-0.15, -0.1) is 0 Å². The molecule has 0 spiro atoms. The highest BCUT2D eigenvalue weighted by molar-refractivity contribution is 6.05. The van der Waals surface area contributed by atoms with Crippen LogP contribution in [-0.4, -0.2) is 47.5 Å². The third kappa shape index (κ3) is 5.51. The maximum absolute atomic E-state index is 15.1. The van der Waals surface area contributed by atoms with E-state index in [4.69, 9.17) is 10.00 Å². The van der Waals surface area contributed by atoms with Crippen LogP contribution in [0.5, 0.6) is 5.75 Å². The second-order valence-corrected chi connectivity index (χ2v) is 11.2. The van der Waals surface area contributed by atoms with Gasteiger partial charge in [-0.2, -0.15) is 5.26 Å². The predicted octanol–water partition coefficient (Wildman–Crippen LogP) is 4.28. The van der Waals surface area contributed by atoms with Gasteiger partial charge in [-0.1, -0.05) is 18.2 Å². The molecule has 0 radical (unpaired) electrons. The second-order valence-electron chi connectivity index (χ2n) is 11.2. The van der Waals surface area contributed by atoms with E-state index in [-0.39, 0.29) is 66.2 Å². The molecule has 3 aliphatic heterocycles. The summed E-state index contributed by atoms with van der Waals surface area (Å²) in [6.07, 6.45) is 1.36. The summed E-state index contributed by atoms with van der Waals surface area (Å²) >= 11 is 0. The Labute approximate surface area is 252 Å². The SMILES string of the molecule is N#Cc1ccc(N2CCC(C(=O)c3ccc(COc4cccc5c4CN([C@H]4CCC(=O)NC4=O)C5=O)c(F)c3)CC2)c(F)c1. The molecule has 6 rings (SSSR count). The van der Waals surface area contributed by atoms with Gasteiger partial charge in [0, 0.05) is 47.7 Å². The molecule has 0 bridgehead atoms. The van der Waals surface area contributed by atoms with Crippen LogP contribution in [0.3, 0.4) is 0 Å². The number of ketones is 1. The predicted molar refractivity (Wildman–Crippen MR) is 154 cm³/mol. The van der Waals surface area contributed by atoms with Gasteiger partial charge >= 0.3 is 0 Å². The molecule has 2 saturated heterocycles. The number of hydrogen-bond acceptors (Lipinski definition) is 7. The van der Waals surface area contributed by atoms with Gasteiger partial charge in [0.15, 0.2) is 5.78 Å². The zero-order valence-corrected chi connectivity index (χ0v) is 23.6. The highest BCUT2D eigenvalue weighted by atomic mass is 19.1. The van der Waals surface area contributed by atoms with Crippen molar-refractivity contribution in [1.29, 1.82) is 5.26 Å². The van der Waals surface area contributed by atoms with E-state index in [1.165, 1.54) is 23.1 Å². The van der Waals surface area contributed by atoms with Gasteiger partial charge in [0.2, 0.25) is 11.8 Å². The van der Waals surface area contributed by atoms with Crippen molar-refractivity contribution in [3.8, 4) is 11.8 Å². The van der Waals surface area contributed by atoms with Gasteiger partial charge in [0.25, 0.3) is 5.91 Å². The van der Waals surface area contributed by atoms with Crippen LogP contribution in [-0.2, 0) is 22.7 Å². The summed E-state index contributed by atoms with van der Waals surface area (Å²) < 4.78 is 35.5. The maximum atomic E-state index is 15.1. The molecule has 3 aliphatic rings. The van der Waals surface area contributed by atoms with Crippen molar-refractivity contribution in [3.63, 3.8) is 0 Å². The first kappa shape index (κ1) is 29.0. The van der Waals surface area contributed by atoms with Crippen molar-refractivity contribution >= 4 is 29.2 Å². The van der Waals surface area contributed by atoms with Gasteiger partial charge in [-0.25, -0.2) is 8.78 Å². The third-order valence-corrected chi connectivity index (χ3v) is 8.54. The molecule has 0 saturated carbocycles. The number of nitrogens with one attached hydrogen (secondary N) is 1. The highest BCUT2D eigenvalue weighted by Gasteiger charge is 2.40. The molecule has 3 heterocycles. The van der Waals surface area contributed by atoms with Crippen LogP contribution in [0, 0.1) is 28.9 Å². The Morgan fingerprint density at radius 2 is 1.80 bits per heavy atom. The molecule has 9 nitrogen and oxygen atoms in total. The number of fused-ring (bicyclic) bond motifs is 1. The van der Waals surface area contributed by atoms with Crippen molar-refractivity contribution in [2.45, 2.75) is 44.9 Å². The number of amides is 3. The Hall–Kier alpha value is -5.11. The minimum absolute atomic E-state index is 0.128. The van der Waals surface area contributed by atoms with E-state index in [2.05, 4.69) is 5.32 Å². The van der Waals surface area contributed by atoms with E-state index in [9.17, 15) is 23.6 Å². The van der Waals surface area contributed by atoms with E-state index in [0.717, 1.165) is 0 Å². The topological polar surface area (TPSA) is 120 Å². The maximum Gasteiger partial charge on any atom is 0.255 e. The molecule has 3 aromatic carbocycles. The Balaban J connectivity index is 1.08. The first-order valence-corrected chi connectivity index (χ1v) is 14.4. The van der Waals surface area contributed by atoms with Gasteiger partial charge in [-0.05, 0) is 55.7 Å². The number of benzene rings is 3. The Morgan fingerprint density at radius 1 is 1.00 bits per heavy atom. The zero-order valence-electron chi connectivity index (χ0n) is 23.6. The number of nitrogens with zero attached hydrogens (tertiary/aromatic N) is 3. The number of carbonyl (C=O) groups is 4. The number of rotatable bonds is 7. The average molecular weight is 599 g/mol. The molecule has 11 heteroatoms. The van der Waals surface area contributed by atoms with Crippen molar-refractivity contribution in [2.24, 2.45) is 5.92 Å². The lowest BCUT2D eigenvalue weighted by molar-refractivity contribution is -0.136. The standard InChI is InChI=1S/C33H28F2N4O5/c34-25-15-21(31(41)20-10-12-38(13-11-20)27-7-4-19(16-36)14-26(27)35)5-6-22(25)18-44-29-3-1-2-23-24(29)17-39(33(23)43)28-8-9-30(40)37-32(28)42/h1-7,14-15,20,28H,8-13,17-18H2,(H,37,40,42)/t28-/m0/s1. The molecule has 1 atom stereocenters. The molecule has 1 N–H and O–H groups in total. The summed E-state index contributed by atoms with van der Waals surface area (Å²) in [6, 6.07) is 14.7. The molecular weight excluding hydrogens is 570 g/mol. The quantitative estimate of drug-likeness (QED) is 0.319. The fourth-order valence-corrected chi connectivity index (χ4v) is 6.12. The lowest BCUT2D eigenvalue weighted by Crippen LogP contribution is -2.52. The van der Waals surface area contributed by atoms with Crippen LogP contribution < -0.4 is 15.0 Å². The number of halogens is 2. The average Bonchev–Trinajstić information content (AvgIpc) is 3.36. The summed E-state index contributed by atoms with van der Waals surface area (Å²) in [5.74, 6) is -2.40. The van der Waals surface area contributed by atoms with Crippen LogP contribution in [0.15, 0.2) is 54.6 Å². The number of piperidine rings is 2. The number of ether oxygens (including phenoxy) is 1. The van der Waals surface area contributed by atoms with Gasteiger partial charge in [0.05, 0.1) is 23.9 Å². The van der Waals surface area contributed by atoms with E-state index in [1.54, 1.807) is 36.4 Å². The van der Waals surface area contributed by atoms with Gasteiger partial charge in [-0.3, -0.25) is 24.5 Å². The number of nitriles is 1. The van der Waals surface area contributed by atoms with Crippen LogP contribution in [0.1, 0.15) is 63.1 Å². The molecule has 44 heavy (non-hydrogen) atoms. The first-order chi connectivity index (χ1) is 21.2. The molecule has 3 aromatic rings. The Bertz CT molecular complexity index is 1730. The van der Waals surface area contributed by atoms with Crippen LogP contribution in [0.4, 0.5) is 14.5 Å². The largest absolute Gasteiger partial charge is 0.488 e. The molecule has 0 aliphatic carbocycles. The molecule has 0 unspecified atom stereocenters. The number of anilines is 1. The molecular formula is C33H28F2N4O5. The monoisotopic (exact) mass is 598 g/mol. The summed E-state index contributed by atoms with van der Waals surface area (Å²) in [4.78, 5) is 53.4. The number of hydrogen-bond donors (Lipinski definition) is 1. The summed E-state index contributed by atoms with van der Waals surface area (Å²) in [5, 5.41) is 11.2. The van der Waals surface area contributed by atoms with Crippen LogP contribution in [0.25, 0.3) is 0 Å². The molecule has 224 valence electrons. The summed E-state index contributed by atoms with van der Waals surface area (Å²) in [7, 11) is 0. The van der Waals surface area contributed by atoms with Crippen molar-refractivity contribution < 1.29 is 32.7 Å². The number of carbonyl (C=O) groups excluding carboxylic acids is 4. The minimum atomic E-state index is -0.757. The van der Waals surface area contributed by atoms with Gasteiger partial charge in [0.1, 0.15) is 30.0 Å². The van der Waals surface area contributed by atoms with E-state index in [0.29, 0.717) is 48.5 Å². The lowest BCUT2D eigenvalue weighted by atomic mass is 9.88. The highest BCUT2D eigenvalue weighted by Crippen LogP contribution is 2.34. The molecule has 0 aromatic heterocycles. The van der Waals surface area contributed by atoms with Crippen LogP contribution in [0.2, 0.25) is 0 Å². The Kier molecular flexibility index (Phi) is 7.82. The normalized spacial score (nSPS) is 18.6. The summed E-state index contributed by atoms with van der Waals surface area (Å²) in [5.41, 5.74) is 2.09. The fraction of sp³-hybridized carbons (Fsp3) is 0.303. The molecule has 2 fully saturated rings. The first-order valence-electron chi connectivity index (χ1n) is 14.4. The Morgan fingerprint density at radius 3 is 2.50 bits per heavy atom. The summed E-state index contributed by atoms with van der Waals surface area (Å²) in [6.45, 7) is 0.901. The van der Waals surface area contributed by atoms with E-state index in [1.807, 2.05) is 11.0 Å². The van der Waals surface area contributed by atoms with Crippen molar-refractivity contribution in [2.75, 3.05) is 18.0 Å². The van der Waals surface area contributed by atoms with Crippen molar-refractivity contribution in [1.82, 2.24) is 10.2 Å². The zero-order chi connectivity index (χ0) is 31.0. The van der Waals surface area contributed by atoms with Crippen molar-refractivity contribution in [3.05, 3.63) is 94.0 Å². The fourth-order valence-electron chi connectivity index (χ4n) is 6.12. The number of Topliss-reactive ketones (excluding diaryl/α,β-unsaturated/α-hetero) is 1. The smallest absolute Gasteiger partial charge is 0.255 e. The second kappa shape index (κ2) is 11.9. The molecule has 3 amide bonds. The lowest BCUT2D eigenvalue weighted by Gasteiger charge is -2.33. The van der Waals surface area contributed by atoms with Crippen LogP contribution >= 0.6 is 0 Å². The third-order valence-electron chi connectivity index (χ3n) is 8.54.